The highest BCUT2D eigenvalue weighted by Crippen LogP contribution is 2.76. The Morgan fingerprint density at radius 2 is 1.47 bits per heavy atom. The first-order valence-corrected chi connectivity index (χ1v) is 21.0. The Kier molecular flexibility index (Phi) is 10.9. The van der Waals surface area contributed by atoms with E-state index in [1.165, 1.54) is 12.5 Å². The Hall–Kier alpha value is -1.19. The molecule has 12 heteroatoms. The number of aliphatic hydroxyl groups is 6. The number of hydrogen-bond acceptors (Lipinski definition) is 12. The molecule has 4 saturated carbocycles. The monoisotopic (exact) mass is 778 g/mol. The zero-order valence-corrected chi connectivity index (χ0v) is 34.6. The van der Waals surface area contributed by atoms with Crippen molar-refractivity contribution in [3.05, 3.63) is 11.6 Å². The number of allylic oxidation sites excluding steroid dienone is 2. The van der Waals surface area contributed by atoms with E-state index in [1.54, 1.807) is 7.11 Å². The van der Waals surface area contributed by atoms with Crippen LogP contribution in [0.3, 0.4) is 0 Å². The molecule has 2 aliphatic heterocycles. The molecule has 0 aromatic rings. The van der Waals surface area contributed by atoms with Gasteiger partial charge in [0.25, 0.3) is 0 Å². The number of hydrogen-bond donors (Lipinski definition) is 6. The van der Waals surface area contributed by atoms with Crippen molar-refractivity contribution in [3.63, 3.8) is 0 Å². The average Bonchev–Trinajstić information content (AvgIpc) is 3.13. The molecule has 7 rings (SSSR count). The van der Waals surface area contributed by atoms with Gasteiger partial charge in [-0.3, -0.25) is 4.79 Å². The van der Waals surface area contributed by atoms with E-state index in [4.69, 9.17) is 23.7 Å². The summed E-state index contributed by atoms with van der Waals surface area (Å²) in [7, 11) is 1.55. The molecule has 0 aromatic carbocycles. The minimum Gasteiger partial charge on any atom is -0.469 e. The Bertz CT molecular complexity index is 1480. The molecule has 0 spiro atoms. The SMILES string of the molecule is COC(=O)[C@]12CCC(C)(C)C[C@H]1C1=CC[C@@H]3[C@@]4(C)CC[C@H](O[C@@H]5O[C@H](CO)[C@@H](O)[C@H](O)[C@H]5O[C@@H]5O[C@@H](C)[C@H](O)[C@@H](O)[C@H]5O)C(C)(C)[C@@H]4CC[C@@]3(C)[C@]1(C)CC2. The number of fused-ring (bicyclic) bond motifs is 7. The summed E-state index contributed by atoms with van der Waals surface area (Å²) in [6, 6.07) is 0. The lowest BCUT2D eigenvalue weighted by Gasteiger charge is -2.71. The molecule has 7 aliphatic rings. The van der Waals surface area contributed by atoms with Crippen molar-refractivity contribution in [1.29, 1.82) is 0 Å². The van der Waals surface area contributed by atoms with Gasteiger partial charge in [0.15, 0.2) is 12.6 Å². The van der Waals surface area contributed by atoms with Crippen LogP contribution in [0.5, 0.6) is 0 Å². The van der Waals surface area contributed by atoms with Crippen LogP contribution in [0.25, 0.3) is 0 Å². The molecule has 0 aromatic heterocycles. The summed E-state index contributed by atoms with van der Waals surface area (Å²) in [6.45, 7) is 17.7. The van der Waals surface area contributed by atoms with Gasteiger partial charge < -0.3 is 54.3 Å². The highest BCUT2D eigenvalue weighted by atomic mass is 16.8. The maximum absolute atomic E-state index is 13.6. The van der Waals surface area contributed by atoms with Gasteiger partial charge in [0.1, 0.15) is 42.7 Å². The number of carbonyl (C=O) groups is 1. The van der Waals surface area contributed by atoms with Gasteiger partial charge in [-0.15, -0.1) is 0 Å². The van der Waals surface area contributed by atoms with Crippen LogP contribution >= 0.6 is 0 Å². The van der Waals surface area contributed by atoms with E-state index >= 15 is 0 Å². The molecule has 6 fully saturated rings. The fraction of sp³-hybridized carbons (Fsp3) is 0.930. The lowest BCUT2D eigenvalue weighted by molar-refractivity contribution is -0.376. The van der Waals surface area contributed by atoms with Crippen LogP contribution < -0.4 is 0 Å². The Labute approximate surface area is 327 Å². The number of rotatable bonds is 6. The number of methoxy groups -OCH3 is 1. The van der Waals surface area contributed by atoms with E-state index in [0.717, 1.165) is 57.8 Å². The van der Waals surface area contributed by atoms with Crippen molar-refractivity contribution in [2.75, 3.05) is 13.7 Å². The normalized spacial score (nSPS) is 53.1. The molecule has 55 heavy (non-hydrogen) atoms. The molecule has 6 N–H and O–H groups in total. The molecule has 0 amide bonds. The summed E-state index contributed by atoms with van der Waals surface area (Å²) >= 11 is 0. The van der Waals surface area contributed by atoms with Gasteiger partial charge in [0, 0.05) is 0 Å². The highest BCUT2D eigenvalue weighted by Gasteiger charge is 2.70. The first kappa shape index (κ1) is 42.0. The molecule has 0 unspecified atom stereocenters. The molecule has 18 atom stereocenters. The standard InChI is InChI=1S/C43H70O12/c1-22-29(45)31(47)33(49)35(52-22)55-34-32(48)30(46)25(21-44)53-36(34)54-28-13-14-40(6)26(39(28,4)5)12-15-42(8)27(40)11-10-23-24-20-38(2,3)16-18-43(24,37(50)51-9)19-17-41(23,42)7/h10,22,24-36,44-49H,11-21H2,1-9H3/t22-,24-,25+,26-,27+,28-,29-,30+,31+,32-,33+,34+,35-,36-,40-,41+,42+,43-/m0/s1. The number of aliphatic hydroxyl groups excluding tert-OH is 6. The summed E-state index contributed by atoms with van der Waals surface area (Å²) in [4.78, 5) is 13.6. The zero-order chi connectivity index (χ0) is 40.3. The van der Waals surface area contributed by atoms with Gasteiger partial charge in [0.05, 0.1) is 31.3 Å². The second-order valence-electron chi connectivity index (χ2n) is 20.8. The highest BCUT2D eigenvalue weighted by molar-refractivity contribution is 5.78. The Morgan fingerprint density at radius 1 is 0.782 bits per heavy atom. The van der Waals surface area contributed by atoms with Crippen molar-refractivity contribution in [2.45, 2.75) is 187 Å². The van der Waals surface area contributed by atoms with Crippen molar-refractivity contribution in [2.24, 2.45) is 50.2 Å². The van der Waals surface area contributed by atoms with Gasteiger partial charge in [-0.2, -0.15) is 0 Å². The summed E-state index contributed by atoms with van der Waals surface area (Å²) in [6.07, 6.45) is -2.01. The maximum Gasteiger partial charge on any atom is 0.312 e. The topological polar surface area (TPSA) is 185 Å². The van der Waals surface area contributed by atoms with Crippen LogP contribution in [0.2, 0.25) is 0 Å². The minimum absolute atomic E-state index is 0.00998. The zero-order valence-electron chi connectivity index (χ0n) is 34.6. The minimum atomic E-state index is -1.63. The van der Waals surface area contributed by atoms with Gasteiger partial charge in [-0.25, -0.2) is 0 Å². The molecular weight excluding hydrogens is 708 g/mol. The number of carbonyl (C=O) groups excluding carboxylic acids is 1. The predicted molar refractivity (Wildman–Crippen MR) is 201 cm³/mol. The third kappa shape index (κ3) is 6.24. The lowest BCUT2D eigenvalue weighted by Crippen LogP contribution is -2.67. The molecule has 0 bridgehead atoms. The van der Waals surface area contributed by atoms with Gasteiger partial charge in [-0.05, 0) is 116 Å². The van der Waals surface area contributed by atoms with E-state index in [-0.39, 0.29) is 51.0 Å². The van der Waals surface area contributed by atoms with Crippen LogP contribution in [0.1, 0.15) is 120 Å². The van der Waals surface area contributed by atoms with Crippen molar-refractivity contribution in [1.82, 2.24) is 0 Å². The summed E-state index contributed by atoms with van der Waals surface area (Å²) in [5, 5.41) is 63.7. The first-order chi connectivity index (χ1) is 25.6. The summed E-state index contributed by atoms with van der Waals surface area (Å²) in [5.74, 6) is 0.857. The third-order valence-corrected chi connectivity index (χ3v) is 17.4. The molecule has 314 valence electrons. The number of esters is 1. The van der Waals surface area contributed by atoms with Crippen molar-refractivity contribution < 1.29 is 59.1 Å². The average molecular weight is 779 g/mol. The van der Waals surface area contributed by atoms with Crippen LogP contribution in [-0.4, -0.2) is 118 Å². The maximum atomic E-state index is 13.6. The van der Waals surface area contributed by atoms with Gasteiger partial charge >= 0.3 is 5.97 Å². The lowest BCUT2D eigenvalue weighted by atomic mass is 9.33. The second-order valence-corrected chi connectivity index (χ2v) is 20.8. The van der Waals surface area contributed by atoms with Crippen LogP contribution in [0, 0.1) is 50.2 Å². The van der Waals surface area contributed by atoms with Crippen molar-refractivity contribution in [3.8, 4) is 0 Å². The second kappa shape index (κ2) is 14.2. The Balaban J connectivity index is 1.15. The third-order valence-electron chi connectivity index (χ3n) is 17.4. The van der Waals surface area contributed by atoms with Crippen LogP contribution in [0.15, 0.2) is 11.6 Å². The van der Waals surface area contributed by atoms with Crippen molar-refractivity contribution >= 4 is 5.97 Å². The Morgan fingerprint density at radius 3 is 2.15 bits per heavy atom. The fourth-order valence-electron chi connectivity index (χ4n) is 13.8. The van der Waals surface area contributed by atoms with Crippen LogP contribution in [-0.2, 0) is 28.5 Å². The molecule has 2 heterocycles. The molecule has 5 aliphatic carbocycles. The summed E-state index contributed by atoms with van der Waals surface area (Å²) < 4.78 is 30.2. The van der Waals surface area contributed by atoms with E-state index in [2.05, 4.69) is 54.5 Å². The quantitative estimate of drug-likeness (QED) is 0.130. The predicted octanol–water partition coefficient (Wildman–Crippen LogP) is 4.00. The largest absolute Gasteiger partial charge is 0.469 e. The van der Waals surface area contributed by atoms with Crippen LogP contribution in [0.4, 0.5) is 0 Å². The number of ether oxygens (including phenoxy) is 5. The smallest absolute Gasteiger partial charge is 0.312 e. The molecular formula is C43H70O12. The fourth-order valence-corrected chi connectivity index (χ4v) is 13.8. The van der Waals surface area contributed by atoms with E-state index in [1.807, 2.05) is 0 Å². The molecule has 2 saturated heterocycles. The van der Waals surface area contributed by atoms with E-state index < -0.39 is 73.4 Å². The molecule has 12 nitrogen and oxygen atoms in total. The van der Waals surface area contributed by atoms with Gasteiger partial charge in [-0.1, -0.05) is 60.1 Å². The van der Waals surface area contributed by atoms with Gasteiger partial charge in [0.2, 0.25) is 0 Å². The first-order valence-electron chi connectivity index (χ1n) is 21.0. The van der Waals surface area contributed by atoms with E-state index in [0.29, 0.717) is 12.3 Å². The summed E-state index contributed by atoms with van der Waals surface area (Å²) in [5.41, 5.74) is 0.847. The molecule has 0 radical (unpaired) electrons. The van der Waals surface area contributed by atoms with E-state index in [9.17, 15) is 35.4 Å².